The highest BCUT2D eigenvalue weighted by Gasteiger charge is 2.21. The Balaban J connectivity index is 1.38. The maximum atomic E-state index is 12.9. The summed E-state index contributed by atoms with van der Waals surface area (Å²) in [6.07, 6.45) is 0. The molecule has 0 spiro atoms. The van der Waals surface area contributed by atoms with Crippen molar-refractivity contribution < 1.29 is 19.1 Å². The van der Waals surface area contributed by atoms with Crippen LogP contribution < -0.4 is 14.8 Å². The normalized spacial score (nSPS) is 10.9. The van der Waals surface area contributed by atoms with Crippen LogP contribution >= 0.6 is 11.8 Å². The quantitative estimate of drug-likeness (QED) is 0.128. The monoisotopic (exact) mass is 615 g/mol. The molecule has 0 fully saturated rings. The zero-order valence-corrected chi connectivity index (χ0v) is 25.7. The zero-order valence-electron chi connectivity index (χ0n) is 24.9. The maximum absolute atomic E-state index is 12.9. The van der Waals surface area contributed by atoms with E-state index in [-0.39, 0.29) is 17.4 Å². The molecule has 45 heavy (non-hydrogen) atoms. The van der Waals surface area contributed by atoms with Gasteiger partial charge in [-0.2, -0.15) is 0 Å². The Labute approximate surface area is 264 Å². The summed E-state index contributed by atoms with van der Waals surface area (Å²) in [6, 6.07) is 32.2. The highest BCUT2D eigenvalue weighted by atomic mass is 32.2. The lowest BCUT2D eigenvalue weighted by atomic mass is 10.0. The van der Waals surface area contributed by atoms with Crippen molar-refractivity contribution in [3.05, 3.63) is 109 Å². The van der Waals surface area contributed by atoms with E-state index in [1.807, 2.05) is 83.4 Å². The third kappa shape index (κ3) is 6.27. The Kier molecular flexibility index (Phi) is 8.56. The van der Waals surface area contributed by atoms with Crippen LogP contribution in [-0.4, -0.2) is 51.4 Å². The third-order valence-electron chi connectivity index (χ3n) is 7.19. The van der Waals surface area contributed by atoms with Gasteiger partial charge in [-0.25, -0.2) is 4.98 Å². The Morgan fingerprint density at radius 1 is 0.822 bits per heavy atom. The average molecular weight is 616 g/mol. The van der Waals surface area contributed by atoms with Gasteiger partial charge in [0.1, 0.15) is 0 Å². The van der Waals surface area contributed by atoms with Crippen LogP contribution in [0.5, 0.6) is 11.5 Å². The number of carbonyl (C=O) groups is 2. The SMILES string of the molecule is COc1ccc(-c2cc(-c3nnc(SCC(=O)Nc4ccc(C(C)=O)cc4)n3-c3ccccc3)c3ccccc3n2)cc1OC. The van der Waals surface area contributed by atoms with E-state index in [9.17, 15) is 9.59 Å². The van der Waals surface area contributed by atoms with Gasteiger partial charge < -0.3 is 14.8 Å². The fraction of sp³-hybridized carbons (Fsp3) is 0.114. The smallest absolute Gasteiger partial charge is 0.234 e. The van der Waals surface area contributed by atoms with Gasteiger partial charge in [0.2, 0.25) is 5.91 Å². The molecule has 1 N–H and O–H groups in total. The molecule has 2 heterocycles. The number of ketones is 1. The molecule has 2 aromatic heterocycles. The molecular formula is C35H29N5O4S. The lowest BCUT2D eigenvalue weighted by Crippen LogP contribution is -2.14. The predicted octanol–water partition coefficient (Wildman–Crippen LogP) is 7.10. The number of ether oxygens (including phenoxy) is 2. The number of hydrogen-bond acceptors (Lipinski definition) is 8. The molecule has 0 bridgehead atoms. The van der Waals surface area contributed by atoms with Gasteiger partial charge in [-0.1, -0.05) is 48.2 Å². The summed E-state index contributed by atoms with van der Waals surface area (Å²) < 4.78 is 12.9. The number of hydrogen-bond donors (Lipinski definition) is 1. The van der Waals surface area contributed by atoms with Crippen molar-refractivity contribution in [3.63, 3.8) is 0 Å². The molecular weight excluding hydrogens is 586 g/mol. The Morgan fingerprint density at radius 3 is 2.29 bits per heavy atom. The molecule has 0 atom stereocenters. The molecule has 6 aromatic rings. The van der Waals surface area contributed by atoms with Gasteiger partial charge in [-0.3, -0.25) is 14.2 Å². The molecule has 0 radical (unpaired) electrons. The van der Waals surface area contributed by atoms with Crippen LogP contribution in [0.25, 0.3) is 39.2 Å². The van der Waals surface area contributed by atoms with Crippen LogP contribution in [-0.2, 0) is 4.79 Å². The summed E-state index contributed by atoms with van der Waals surface area (Å²) in [5.41, 5.74) is 5.28. The van der Waals surface area contributed by atoms with E-state index in [0.717, 1.165) is 33.4 Å². The molecule has 0 aliphatic heterocycles. The number of para-hydroxylation sites is 2. The van der Waals surface area contributed by atoms with Crippen molar-refractivity contribution in [1.29, 1.82) is 0 Å². The minimum absolute atomic E-state index is 0.0303. The number of pyridine rings is 1. The molecule has 0 aliphatic rings. The van der Waals surface area contributed by atoms with Gasteiger partial charge in [-0.05, 0) is 73.7 Å². The Bertz CT molecular complexity index is 2010. The topological polar surface area (TPSA) is 108 Å². The van der Waals surface area contributed by atoms with Gasteiger partial charge in [0, 0.05) is 33.5 Å². The van der Waals surface area contributed by atoms with Gasteiger partial charge in [0.05, 0.1) is 31.2 Å². The van der Waals surface area contributed by atoms with Crippen LogP contribution in [0.3, 0.4) is 0 Å². The summed E-state index contributed by atoms with van der Waals surface area (Å²) in [5.74, 6) is 1.72. The fourth-order valence-electron chi connectivity index (χ4n) is 4.97. The lowest BCUT2D eigenvalue weighted by Gasteiger charge is -2.14. The second kappa shape index (κ2) is 13.0. The van der Waals surface area contributed by atoms with Crippen molar-refractivity contribution in [2.45, 2.75) is 12.1 Å². The Morgan fingerprint density at radius 2 is 1.56 bits per heavy atom. The van der Waals surface area contributed by atoms with E-state index in [0.29, 0.717) is 33.7 Å². The van der Waals surface area contributed by atoms with E-state index in [4.69, 9.17) is 14.5 Å². The van der Waals surface area contributed by atoms with Crippen LogP contribution in [0.1, 0.15) is 17.3 Å². The number of nitrogens with zero attached hydrogens (tertiary/aromatic N) is 4. The highest BCUT2D eigenvalue weighted by molar-refractivity contribution is 7.99. The van der Waals surface area contributed by atoms with Crippen molar-refractivity contribution >= 4 is 40.0 Å². The molecule has 9 nitrogen and oxygen atoms in total. The first-order valence-corrected chi connectivity index (χ1v) is 15.1. The number of rotatable bonds is 10. The lowest BCUT2D eigenvalue weighted by molar-refractivity contribution is -0.113. The fourth-order valence-corrected chi connectivity index (χ4v) is 5.72. The van der Waals surface area contributed by atoms with Gasteiger partial charge >= 0.3 is 0 Å². The summed E-state index contributed by atoms with van der Waals surface area (Å²) in [7, 11) is 3.21. The van der Waals surface area contributed by atoms with Gasteiger partial charge in [-0.15, -0.1) is 10.2 Å². The predicted molar refractivity (Wildman–Crippen MR) is 176 cm³/mol. The van der Waals surface area contributed by atoms with Crippen LogP contribution in [0, 0.1) is 0 Å². The number of carbonyl (C=O) groups excluding carboxylic acids is 2. The van der Waals surface area contributed by atoms with Gasteiger partial charge in [0.25, 0.3) is 0 Å². The number of amides is 1. The molecule has 0 saturated heterocycles. The first kappa shape index (κ1) is 29.6. The number of fused-ring (bicyclic) bond motifs is 1. The number of benzene rings is 4. The molecule has 224 valence electrons. The molecule has 0 unspecified atom stereocenters. The summed E-state index contributed by atoms with van der Waals surface area (Å²) in [5, 5.41) is 13.6. The third-order valence-corrected chi connectivity index (χ3v) is 8.12. The van der Waals surface area contributed by atoms with Crippen molar-refractivity contribution in [2.24, 2.45) is 0 Å². The molecule has 4 aromatic carbocycles. The van der Waals surface area contributed by atoms with E-state index in [2.05, 4.69) is 15.5 Å². The number of methoxy groups -OCH3 is 2. The standard InChI is InChI=1S/C35H29N5O4S/c1-22(41)23-13-16-25(17-14-23)36-33(42)21-45-35-39-38-34(40(35)26-9-5-4-6-10-26)28-20-30(37-29-12-8-7-11-27(28)29)24-15-18-31(43-2)32(19-24)44-3/h4-20H,21H2,1-3H3,(H,36,42). The second-order valence-electron chi connectivity index (χ2n) is 10.1. The minimum atomic E-state index is -0.204. The molecule has 0 saturated carbocycles. The van der Waals surface area contributed by atoms with E-state index < -0.39 is 0 Å². The van der Waals surface area contributed by atoms with Crippen LogP contribution in [0.15, 0.2) is 108 Å². The molecule has 0 aliphatic carbocycles. The van der Waals surface area contributed by atoms with Crippen LogP contribution in [0.2, 0.25) is 0 Å². The largest absolute Gasteiger partial charge is 0.493 e. The van der Waals surface area contributed by atoms with Crippen molar-refractivity contribution in [3.8, 4) is 39.8 Å². The summed E-state index contributed by atoms with van der Waals surface area (Å²) in [4.78, 5) is 29.5. The minimum Gasteiger partial charge on any atom is -0.493 e. The first-order chi connectivity index (χ1) is 21.9. The zero-order chi connectivity index (χ0) is 31.3. The molecule has 6 rings (SSSR count). The molecule has 1 amide bonds. The number of aromatic nitrogens is 4. The maximum Gasteiger partial charge on any atom is 0.234 e. The summed E-state index contributed by atoms with van der Waals surface area (Å²) in [6.45, 7) is 1.51. The van der Waals surface area contributed by atoms with E-state index in [1.165, 1.54) is 18.7 Å². The van der Waals surface area contributed by atoms with Crippen LogP contribution in [0.4, 0.5) is 5.69 Å². The number of anilines is 1. The Hall–Kier alpha value is -5.48. The molecule has 10 heteroatoms. The number of thioether (sulfide) groups is 1. The highest BCUT2D eigenvalue weighted by Crippen LogP contribution is 2.37. The summed E-state index contributed by atoms with van der Waals surface area (Å²) >= 11 is 1.28. The van der Waals surface area contributed by atoms with Crippen molar-refractivity contribution in [1.82, 2.24) is 19.7 Å². The van der Waals surface area contributed by atoms with E-state index in [1.54, 1.807) is 38.5 Å². The first-order valence-electron chi connectivity index (χ1n) is 14.1. The number of nitrogens with one attached hydrogen (secondary N) is 1. The second-order valence-corrected chi connectivity index (χ2v) is 11.0. The van der Waals surface area contributed by atoms with Crippen molar-refractivity contribution in [2.75, 3.05) is 25.3 Å². The van der Waals surface area contributed by atoms with E-state index >= 15 is 0 Å². The number of Topliss-reactive ketones (excluding diaryl/α,β-unsaturated/α-hetero) is 1. The van der Waals surface area contributed by atoms with Gasteiger partial charge in [0.15, 0.2) is 28.3 Å². The average Bonchev–Trinajstić information content (AvgIpc) is 3.51.